The van der Waals surface area contributed by atoms with Gasteiger partial charge >= 0.3 is 0 Å². The van der Waals surface area contributed by atoms with Crippen LogP contribution in [0.4, 0.5) is 0 Å². The van der Waals surface area contributed by atoms with Crippen molar-refractivity contribution in [1.29, 1.82) is 0 Å². The first-order valence-electron chi connectivity index (χ1n) is 6.95. The van der Waals surface area contributed by atoms with Gasteiger partial charge in [0.1, 0.15) is 0 Å². The van der Waals surface area contributed by atoms with E-state index in [2.05, 4.69) is 42.8 Å². The number of hydrogen-bond donors (Lipinski definition) is 1. The fourth-order valence-corrected chi connectivity index (χ4v) is 2.51. The van der Waals surface area contributed by atoms with E-state index in [0.717, 1.165) is 19.0 Å². The van der Waals surface area contributed by atoms with Gasteiger partial charge in [-0.15, -0.1) is 0 Å². The van der Waals surface area contributed by atoms with E-state index in [1.54, 1.807) is 6.92 Å². The van der Waals surface area contributed by atoms with E-state index in [1.165, 1.54) is 19.3 Å². The highest BCUT2D eigenvalue weighted by atomic mass is 16.1. The Morgan fingerprint density at radius 2 is 2.22 bits per heavy atom. The van der Waals surface area contributed by atoms with Crippen LogP contribution in [-0.2, 0) is 4.79 Å². The number of rotatable bonds is 4. The van der Waals surface area contributed by atoms with E-state index in [0.29, 0.717) is 6.54 Å². The molecule has 1 fully saturated rings. The van der Waals surface area contributed by atoms with Crippen molar-refractivity contribution >= 4 is 5.91 Å². The molecule has 1 saturated heterocycles. The molecule has 3 nitrogen and oxygen atoms in total. The summed E-state index contributed by atoms with van der Waals surface area (Å²) in [5, 5.41) is 2.90. The maximum Gasteiger partial charge on any atom is 0.295 e. The molecular formula is C15H26N2O. The first kappa shape index (κ1) is 15.0. The fraction of sp³-hybridized carbons (Fsp3) is 0.800. The lowest BCUT2D eigenvalue weighted by Crippen LogP contribution is -2.54. The summed E-state index contributed by atoms with van der Waals surface area (Å²) in [6.07, 6.45) is 3.86. The smallest absolute Gasteiger partial charge is 0.295 e. The Bertz CT molecular complexity index is 338. The second kappa shape index (κ2) is 6.80. The second-order valence-electron chi connectivity index (χ2n) is 5.73. The average molecular weight is 250 g/mol. The summed E-state index contributed by atoms with van der Waals surface area (Å²) in [6, 6.07) is 0. The van der Waals surface area contributed by atoms with Crippen molar-refractivity contribution in [3.8, 4) is 11.8 Å². The van der Waals surface area contributed by atoms with Gasteiger partial charge in [0, 0.05) is 18.6 Å². The fourth-order valence-electron chi connectivity index (χ4n) is 2.51. The number of likely N-dealkylation sites (tertiary alicyclic amines) is 1. The lowest BCUT2D eigenvalue weighted by molar-refractivity contribution is -0.116. The Balaban J connectivity index is 2.50. The molecule has 1 aliphatic heterocycles. The highest BCUT2D eigenvalue weighted by molar-refractivity contribution is 5.93. The van der Waals surface area contributed by atoms with Gasteiger partial charge in [-0.05, 0) is 52.0 Å². The molecule has 18 heavy (non-hydrogen) atoms. The van der Waals surface area contributed by atoms with E-state index in [-0.39, 0.29) is 11.4 Å². The van der Waals surface area contributed by atoms with Gasteiger partial charge in [-0.1, -0.05) is 19.3 Å². The highest BCUT2D eigenvalue weighted by Gasteiger charge is 2.30. The third-order valence-electron chi connectivity index (χ3n) is 3.87. The first-order chi connectivity index (χ1) is 8.49. The Hall–Kier alpha value is -1.01. The summed E-state index contributed by atoms with van der Waals surface area (Å²) in [7, 11) is 0. The van der Waals surface area contributed by atoms with Crippen LogP contribution in [0.1, 0.15) is 47.0 Å². The van der Waals surface area contributed by atoms with Gasteiger partial charge in [-0.2, -0.15) is 0 Å². The number of carbonyl (C=O) groups excluding carboxylic acids is 1. The Kier molecular flexibility index (Phi) is 5.68. The first-order valence-corrected chi connectivity index (χ1v) is 6.95. The standard InChI is InChI=1S/C15H26N2O/c1-5-8-14(18)16-12-15(3,4)17-10-7-9-13(6-2)11-17/h13H,6-7,9-12H2,1-4H3,(H,16,18). The summed E-state index contributed by atoms with van der Waals surface area (Å²) < 4.78 is 0. The Labute approximate surface area is 111 Å². The number of nitrogens with zero attached hydrogens (tertiary/aromatic N) is 1. The summed E-state index contributed by atoms with van der Waals surface area (Å²) >= 11 is 0. The summed E-state index contributed by atoms with van der Waals surface area (Å²) in [4.78, 5) is 13.9. The second-order valence-corrected chi connectivity index (χ2v) is 5.73. The minimum Gasteiger partial charge on any atom is -0.343 e. The lowest BCUT2D eigenvalue weighted by Gasteiger charge is -2.43. The quantitative estimate of drug-likeness (QED) is 0.774. The van der Waals surface area contributed by atoms with Crippen molar-refractivity contribution in [2.75, 3.05) is 19.6 Å². The zero-order chi connectivity index (χ0) is 13.6. The van der Waals surface area contributed by atoms with Crippen LogP contribution >= 0.6 is 0 Å². The molecule has 1 unspecified atom stereocenters. The van der Waals surface area contributed by atoms with E-state index >= 15 is 0 Å². The molecule has 1 rings (SSSR count). The number of piperidine rings is 1. The summed E-state index contributed by atoms with van der Waals surface area (Å²) in [6.45, 7) is 11.3. The number of nitrogens with one attached hydrogen (secondary N) is 1. The van der Waals surface area contributed by atoms with Crippen LogP contribution in [0.5, 0.6) is 0 Å². The molecule has 0 aliphatic carbocycles. The molecule has 0 saturated carbocycles. The maximum absolute atomic E-state index is 11.4. The molecule has 1 heterocycles. The van der Waals surface area contributed by atoms with Gasteiger partial charge in [-0.25, -0.2) is 0 Å². The van der Waals surface area contributed by atoms with Crippen LogP contribution in [0.2, 0.25) is 0 Å². The third-order valence-corrected chi connectivity index (χ3v) is 3.87. The molecule has 1 amide bonds. The average Bonchev–Trinajstić information content (AvgIpc) is 2.37. The van der Waals surface area contributed by atoms with Crippen LogP contribution in [0.15, 0.2) is 0 Å². The minimum absolute atomic E-state index is 0.0128. The van der Waals surface area contributed by atoms with Crippen molar-refractivity contribution in [3.63, 3.8) is 0 Å². The molecule has 1 N–H and O–H groups in total. The zero-order valence-electron chi connectivity index (χ0n) is 12.2. The van der Waals surface area contributed by atoms with Gasteiger partial charge in [0.15, 0.2) is 0 Å². The van der Waals surface area contributed by atoms with Crippen LogP contribution in [-0.4, -0.2) is 36.0 Å². The van der Waals surface area contributed by atoms with E-state index < -0.39 is 0 Å². The summed E-state index contributed by atoms with van der Waals surface area (Å²) in [5.74, 6) is 5.78. The van der Waals surface area contributed by atoms with Crippen molar-refractivity contribution in [1.82, 2.24) is 10.2 Å². The van der Waals surface area contributed by atoms with Crippen LogP contribution in [0.25, 0.3) is 0 Å². The van der Waals surface area contributed by atoms with Crippen molar-refractivity contribution in [2.45, 2.75) is 52.5 Å². The predicted octanol–water partition coefficient (Wildman–Crippen LogP) is 2.03. The van der Waals surface area contributed by atoms with E-state index in [4.69, 9.17) is 0 Å². The zero-order valence-corrected chi connectivity index (χ0v) is 12.2. The highest BCUT2D eigenvalue weighted by Crippen LogP contribution is 2.25. The molecule has 0 spiro atoms. The summed E-state index contributed by atoms with van der Waals surface area (Å²) in [5.41, 5.74) is 0.0128. The predicted molar refractivity (Wildman–Crippen MR) is 75.1 cm³/mol. The normalized spacial score (nSPS) is 21.0. The molecule has 1 aliphatic rings. The van der Waals surface area contributed by atoms with Crippen molar-refractivity contribution in [2.24, 2.45) is 5.92 Å². The Morgan fingerprint density at radius 3 is 2.83 bits per heavy atom. The van der Waals surface area contributed by atoms with Crippen LogP contribution < -0.4 is 5.32 Å². The molecule has 0 aromatic carbocycles. The Morgan fingerprint density at radius 1 is 1.50 bits per heavy atom. The molecule has 0 aromatic rings. The molecule has 3 heteroatoms. The number of amides is 1. The monoisotopic (exact) mass is 250 g/mol. The lowest BCUT2D eigenvalue weighted by atomic mass is 9.91. The van der Waals surface area contributed by atoms with Gasteiger partial charge < -0.3 is 5.32 Å². The minimum atomic E-state index is -0.172. The van der Waals surface area contributed by atoms with Crippen molar-refractivity contribution in [3.05, 3.63) is 0 Å². The van der Waals surface area contributed by atoms with Gasteiger partial charge in [0.25, 0.3) is 5.91 Å². The van der Waals surface area contributed by atoms with Crippen LogP contribution in [0, 0.1) is 17.8 Å². The van der Waals surface area contributed by atoms with Crippen molar-refractivity contribution < 1.29 is 4.79 Å². The molecule has 0 bridgehead atoms. The molecule has 0 aromatic heterocycles. The maximum atomic E-state index is 11.4. The SMILES string of the molecule is CC#CC(=O)NCC(C)(C)N1CCCC(CC)C1. The van der Waals surface area contributed by atoms with E-state index in [1.807, 2.05) is 0 Å². The van der Waals surface area contributed by atoms with Gasteiger partial charge in [0.05, 0.1) is 0 Å². The third kappa shape index (κ3) is 4.34. The largest absolute Gasteiger partial charge is 0.343 e. The molecular weight excluding hydrogens is 224 g/mol. The topological polar surface area (TPSA) is 32.3 Å². The molecule has 0 radical (unpaired) electrons. The molecule has 102 valence electrons. The van der Waals surface area contributed by atoms with E-state index in [9.17, 15) is 4.79 Å². The van der Waals surface area contributed by atoms with Gasteiger partial charge in [-0.3, -0.25) is 9.69 Å². The van der Waals surface area contributed by atoms with Gasteiger partial charge in [0.2, 0.25) is 0 Å². The van der Waals surface area contributed by atoms with Crippen LogP contribution in [0.3, 0.4) is 0 Å². The molecule has 1 atom stereocenters. The number of carbonyl (C=O) groups is 1. The number of hydrogen-bond acceptors (Lipinski definition) is 2.